The Morgan fingerprint density at radius 1 is 1.03 bits per heavy atom. The fourth-order valence-corrected chi connectivity index (χ4v) is 5.13. The van der Waals surface area contributed by atoms with Crippen LogP contribution < -0.4 is 5.32 Å². The second-order valence-electron chi connectivity index (χ2n) is 10.6. The number of carbonyl (C=O) groups excluding carboxylic acids is 1. The van der Waals surface area contributed by atoms with Crippen LogP contribution >= 0.6 is 0 Å². The van der Waals surface area contributed by atoms with Crippen LogP contribution in [0.3, 0.4) is 0 Å². The highest BCUT2D eigenvalue weighted by molar-refractivity contribution is 5.84. The van der Waals surface area contributed by atoms with Crippen LogP contribution in [0, 0.1) is 24.7 Å². The van der Waals surface area contributed by atoms with Crippen molar-refractivity contribution < 1.29 is 9.63 Å². The lowest BCUT2D eigenvalue weighted by atomic mass is 9.99. The summed E-state index contributed by atoms with van der Waals surface area (Å²) < 4.78 is 0. The number of nitrogens with one attached hydrogen (secondary N) is 2. The van der Waals surface area contributed by atoms with E-state index in [9.17, 15) is 4.79 Å². The molecule has 200 valence electrons. The third kappa shape index (κ3) is 6.76. The van der Waals surface area contributed by atoms with Gasteiger partial charge in [-0.15, -0.1) is 0 Å². The molecule has 0 bridgehead atoms. The number of para-hydroxylation sites is 1. The van der Waals surface area contributed by atoms with Crippen LogP contribution in [0.4, 0.5) is 0 Å². The van der Waals surface area contributed by atoms with E-state index in [1.54, 1.807) is 0 Å². The summed E-state index contributed by atoms with van der Waals surface area (Å²) >= 11 is 0. The largest absolute Gasteiger partial charge is 0.361 e. The minimum atomic E-state index is -0.351. The minimum absolute atomic E-state index is 0.0137. The Labute approximate surface area is 230 Å². The van der Waals surface area contributed by atoms with Gasteiger partial charge in [-0.05, 0) is 68.9 Å². The van der Waals surface area contributed by atoms with Gasteiger partial charge in [0.2, 0.25) is 5.91 Å². The summed E-state index contributed by atoms with van der Waals surface area (Å²) in [5.41, 5.74) is 6.59. The smallest absolute Gasteiger partial charge is 0.240 e. The van der Waals surface area contributed by atoms with Gasteiger partial charge in [0, 0.05) is 47.2 Å². The van der Waals surface area contributed by atoms with E-state index in [1.165, 1.54) is 16.5 Å². The van der Waals surface area contributed by atoms with Crippen LogP contribution in [0.1, 0.15) is 27.8 Å². The van der Waals surface area contributed by atoms with E-state index < -0.39 is 0 Å². The zero-order chi connectivity index (χ0) is 27.2. The van der Waals surface area contributed by atoms with Gasteiger partial charge >= 0.3 is 0 Å². The standard InChI is InChI=1S/C33H36N4O2/c1-24-8-10-25(11-9-24)12-13-26-14-16-27(17-15-26)21-37-32(29(23-39-37)22-36(2)3)33(38)34-19-18-28-20-35-31-7-5-4-6-30(28)31/h4-11,14-17,20,29,32,35H,18-19,21-23H2,1-3H3,(H,34,38)/t29-,32+/m1/s1. The molecule has 2 N–H and O–H groups in total. The van der Waals surface area contributed by atoms with Gasteiger partial charge in [0.25, 0.3) is 0 Å². The first-order valence-corrected chi connectivity index (χ1v) is 13.5. The number of fused-ring (bicyclic) bond motifs is 1. The van der Waals surface area contributed by atoms with Crippen LogP contribution in [0.15, 0.2) is 79.0 Å². The third-order valence-electron chi connectivity index (χ3n) is 7.14. The first kappa shape index (κ1) is 26.7. The highest BCUT2D eigenvalue weighted by Crippen LogP contribution is 2.25. The highest BCUT2D eigenvalue weighted by atomic mass is 16.7. The van der Waals surface area contributed by atoms with E-state index in [0.717, 1.165) is 35.2 Å². The van der Waals surface area contributed by atoms with Crippen molar-refractivity contribution >= 4 is 16.8 Å². The molecule has 0 aliphatic carbocycles. The van der Waals surface area contributed by atoms with Crippen molar-refractivity contribution in [3.8, 4) is 11.8 Å². The number of rotatable bonds is 8. The van der Waals surface area contributed by atoms with E-state index in [2.05, 4.69) is 70.4 Å². The molecule has 1 aliphatic heterocycles. The van der Waals surface area contributed by atoms with Crippen molar-refractivity contribution in [1.82, 2.24) is 20.3 Å². The summed E-state index contributed by atoms with van der Waals surface area (Å²) in [7, 11) is 4.07. The monoisotopic (exact) mass is 520 g/mol. The normalized spacial score (nSPS) is 17.3. The molecule has 2 heterocycles. The minimum Gasteiger partial charge on any atom is -0.361 e. The Morgan fingerprint density at radius 2 is 1.72 bits per heavy atom. The molecule has 0 unspecified atom stereocenters. The summed E-state index contributed by atoms with van der Waals surface area (Å²) in [5, 5.41) is 6.23. The Bertz CT molecular complexity index is 1460. The van der Waals surface area contributed by atoms with E-state index in [1.807, 2.05) is 61.8 Å². The molecule has 6 heteroatoms. The predicted octanol–water partition coefficient (Wildman–Crippen LogP) is 4.53. The Morgan fingerprint density at radius 3 is 2.44 bits per heavy atom. The zero-order valence-electron chi connectivity index (χ0n) is 22.9. The van der Waals surface area contributed by atoms with E-state index in [0.29, 0.717) is 19.7 Å². The lowest BCUT2D eigenvalue weighted by Crippen LogP contribution is -2.48. The molecule has 0 saturated carbocycles. The van der Waals surface area contributed by atoms with E-state index >= 15 is 0 Å². The van der Waals surface area contributed by atoms with Crippen molar-refractivity contribution in [3.63, 3.8) is 0 Å². The number of H-pyrrole nitrogens is 1. The maximum atomic E-state index is 13.4. The summed E-state index contributed by atoms with van der Waals surface area (Å²) in [5.74, 6) is 6.56. The van der Waals surface area contributed by atoms with E-state index in [-0.39, 0.29) is 17.9 Å². The van der Waals surface area contributed by atoms with Crippen LogP contribution in [0.25, 0.3) is 10.9 Å². The number of aromatic nitrogens is 1. The van der Waals surface area contributed by atoms with Gasteiger partial charge in [-0.1, -0.05) is 59.9 Å². The molecular weight excluding hydrogens is 484 g/mol. The SMILES string of the molecule is Cc1ccc(C#Cc2ccc(CN3OC[C@@H](CN(C)C)[C@H]3C(=O)NCCc3c[nH]c4ccccc34)cc2)cc1. The fourth-order valence-electron chi connectivity index (χ4n) is 5.13. The molecule has 39 heavy (non-hydrogen) atoms. The summed E-state index contributed by atoms with van der Waals surface area (Å²) in [6.07, 6.45) is 2.80. The number of nitrogens with zero attached hydrogens (tertiary/aromatic N) is 2. The fraction of sp³-hybridized carbons (Fsp3) is 0.303. The summed E-state index contributed by atoms with van der Waals surface area (Å²) in [6, 6.07) is 24.3. The number of aryl methyl sites for hydroxylation is 1. The molecule has 1 amide bonds. The van der Waals surface area contributed by atoms with Crippen molar-refractivity contribution in [2.75, 3.05) is 33.8 Å². The molecule has 1 fully saturated rings. The van der Waals surface area contributed by atoms with Gasteiger partial charge in [-0.2, -0.15) is 5.06 Å². The van der Waals surface area contributed by atoms with Crippen LogP contribution in [0.5, 0.6) is 0 Å². The maximum absolute atomic E-state index is 13.4. The maximum Gasteiger partial charge on any atom is 0.240 e. The number of hydrogen-bond donors (Lipinski definition) is 2. The third-order valence-corrected chi connectivity index (χ3v) is 7.14. The molecule has 1 aromatic heterocycles. The molecule has 0 spiro atoms. The van der Waals surface area contributed by atoms with Crippen LogP contribution in [-0.4, -0.2) is 60.7 Å². The quantitative estimate of drug-likeness (QED) is 0.335. The van der Waals surface area contributed by atoms with E-state index in [4.69, 9.17) is 4.84 Å². The first-order chi connectivity index (χ1) is 19.0. The predicted molar refractivity (Wildman–Crippen MR) is 156 cm³/mol. The van der Waals surface area contributed by atoms with Gasteiger partial charge in [0.05, 0.1) is 13.2 Å². The molecular formula is C33H36N4O2. The average Bonchev–Trinajstić information content (AvgIpc) is 3.52. The first-order valence-electron chi connectivity index (χ1n) is 13.5. The highest BCUT2D eigenvalue weighted by Gasteiger charge is 2.40. The molecule has 1 saturated heterocycles. The summed E-state index contributed by atoms with van der Waals surface area (Å²) in [4.78, 5) is 24.9. The molecule has 3 aromatic carbocycles. The molecule has 5 rings (SSSR count). The lowest BCUT2D eigenvalue weighted by molar-refractivity contribution is -0.157. The molecule has 4 aromatic rings. The van der Waals surface area contributed by atoms with Gasteiger partial charge < -0.3 is 15.2 Å². The number of aromatic amines is 1. The topological polar surface area (TPSA) is 60.6 Å². The second kappa shape index (κ2) is 12.3. The van der Waals surface area contributed by atoms with Crippen LogP contribution in [-0.2, 0) is 22.6 Å². The molecule has 1 aliphatic rings. The number of amides is 1. The average molecular weight is 521 g/mol. The van der Waals surface area contributed by atoms with Crippen molar-refractivity contribution in [2.45, 2.75) is 25.9 Å². The molecule has 0 radical (unpaired) electrons. The van der Waals surface area contributed by atoms with Gasteiger partial charge in [-0.25, -0.2) is 0 Å². The van der Waals surface area contributed by atoms with Gasteiger partial charge in [0.1, 0.15) is 6.04 Å². The lowest BCUT2D eigenvalue weighted by Gasteiger charge is -2.26. The van der Waals surface area contributed by atoms with Gasteiger partial charge in [-0.3, -0.25) is 9.63 Å². The van der Waals surface area contributed by atoms with Crippen molar-refractivity contribution in [1.29, 1.82) is 0 Å². The second-order valence-corrected chi connectivity index (χ2v) is 10.6. The zero-order valence-corrected chi connectivity index (χ0v) is 22.9. The van der Waals surface area contributed by atoms with Crippen molar-refractivity contribution in [3.05, 3.63) is 107 Å². The summed E-state index contributed by atoms with van der Waals surface area (Å²) in [6.45, 7) is 4.50. The number of carbonyl (C=O) groups is 1. The van der Waals surface area contributed by atoms with Gasteiger partial charge in [0.15, 0.2) is 0 Å². The number of hydrogen-bond acceptors (Lipinski definition) is 4. The Hall–Kier alpha value is -3.89. The molecule has 2 atom stereocenters. The van der Waals surface area contributed by atoms with Crippen LogP contribution in [0.2, 0.25) is 0 Å². The molecule has 6 nitrogen and oxygen atoms in total. The number of hydroxylamine groups is 2. The Balaban J connectivity index is 1.22. The number of benzene rings is 3. The Kier molecular flexibility index (Phi) is 8.43. The van der Waals surface area contributed by atoms with Crippen molar-refractivity contribution in [2.24, 2.45) is 5.92 Å².